The fraction of sp³-hybridized carbons (Fsp3) is 0.375. The molecule has 0 spiro atoms. The quantitative estimate of drug-likeness (QED) is 0.658. The number of H-pyrrole nitrogens is 1. The highest BCUT2D eigenvalue weighted by Crippen LogP contribution is 1.97. The van der Waals surface area contributed by atoms with Crippen LogP contribution in [-0.4, -0.2) is 9.55 Å². The third-order valence-electron chi connectivity index (χ3n) is 1.64. The second kappa shape index (κ2) is 3.27. The molecule has 0 fully saturated rings. The topological polar surface area (TPSA) is 78.7 Å². The predicted molar refractivity (Wildman–Crippen MR) is 46.4 cm³/mol. The average Bonchev–Trinajstić information content (AvgIpc) is 2.03. The maximum atomic E-state index is 11.1. The fourth-order valence-electron chi connectivity index (χ4n) is 0.949. The van der Waals surface area contributed by atoms with Crippen LogP contribution in [0.1, 0.15) is 25.5 Å². The minimum Gasteiger partial charge on any atom is -0.297 e. The molecule has 0 aliphatic heterocycles. The summed E-state index contributed by atoms with van der Waals surface area (Å²) in [6.45, 7) is 3.59. The number of aromatic nitrogens is 2. The molecule has 0 atom stereocenters. The van der Waals surface area contributed by atoms with Gasteiger partial charge in [0.1, 0.15) is 11.6 Å². The molecule has 13 heavy (non-hydrogen) atoms. The summed E-state index contributed by atoms with van der Waals surface area (Å²) in [6, 6.07) is 1.64. The van der Waals surface area contributed by atoms with E-state index in [1.165, 1.54) is 10.8 Å². The second-order valence-electron chi connectivity index (χ2n) is 2.91. The first-order valence-electron chi connectivity index (χ1n) is 3.82. The number of aromatic amines is 1. The highest BCUT2D eigenvalue weighted by atomic mass is 16.2. The fourth-order valence-corrected chi connectivity index (χ4v) is 0.949. The van der Waals surface area contributed by atoms with E-state index in [1.807, 2.05) is 0 Å². The Hall–Kier alpha value is -1.83. The van der Waals surface area contributed by atoms with Crippen LogP contribution in [0.2, 0.25) is 0 Å². The number of rotatable bonds is 1. The van der Waals surface area contributed by atoms with Gasteiger partial charge in [-0.2, -0.15) is 5.26 Å². The van der Waals surface area contributed by atoms with Crippen molar-refractivity contribution in [2.75, 3.05) is 0 Å². The molecule has 1 aromatic rings. The van der Waals surface area contributed by atoms with Gasteiger partial charge < -0.3 is 0 Å². The van der Waals surface area contributed by atoms with E-state index in [4.69, 9.17) is 5.26 Å². The van der Waals surface area contributed by atoms with Gasteiger partial charge in [-0.05, 0) is 13.8 Å². The lowest BCUT2D eigenvalue weighted by Crippen LogP contribution is -2.31. The van der Waals surface area contributed by atoms with Crippen LogP contribution in [0.25, 0.3) is 0 Å². The molecule has 1 rings (SSSR count). The summed E-state index contributed by atoms with van der Waals surface area (Å²) in [5.41, 5.74) is -1.17. The van der Waals surface area contributed by atoms with E-state index in [0.29, 0.717) is 0 Å². The van der Waals surface area contributed by atoms with E-state index < -0.39 is 11.2 Å². The van der Waals surface area contributed by atoms with E-state index in [-0.39, 0.29) is 11.6 Å². The molecular formula is C8H9N3O2. The normalized spacial score (nSPS) is 10.0. The van der Waals surface area contributed by atoms with Crippen LogP contribution in [0, 0.1) is 11.3 Å². The van der Waals surface area contributed by atoms with Crippen LogP contribution in [0.5, 0.6) is 0 Å². The second-order valence-corrected chi connectivity index (χ2v) is 2.91. The number of nitrogens with zero attached hydrogens (tertiary/aromatic N) is 2. The lowest BCUT2D eigenvalue weighted by atomic mass is 10.3. The molecule has 5 heteroatoms. The molecule has 0 aromatic carbocycles. The molecule has 0 aliphatic rings. The molecule has 1 N–H and O–H groups in total. The number of nitrogens with one attached hydrogen (secondary N) is 1. The third-order valence-corrected chi connectivity index (χ3v) is 1.64. The van der Waals surface area contributed by atoms with Gasteiger partial charge in [-0.3, -0.25) is 14.3 Å². The molecule has 68 valence electrons. The Morgan fingerprint density at radius 3 is 2.62 bits per heavy atom. The van der Waals surface area contributed by atoms with Crippen LogP contribution in [-0.2, 0) is 0 Å². The zero-order valence-electron chi connectivity index (χ0n) is 7.37. The summed E-state index contributed by atoms with van der Waals surface area (Å²) in [5, 5.41) is 8.53. The maximum absolute atomic E-state index is 11.1. The smallest absolute Gasteiger partial charge is 0.297 e. The van der Waals surface area contributed by atoms with Crippen LogP contribution in [0.4, 0.5) is 0 Å². The SMILES string of the molecule is CC(C)n1cc(C#N)c(=O)[nH]c1=O. The molecular weight excluding hydrogens is 170 g/mol. The lowest BCUT2D eigenvalue weighted by Gasteiger charge is -2.07. The van der Waals surface area contributed by atoms with Gasteiger partial charge in [0, 0.05) is 12.2 Å². The molecule has 0 radical (unpaired) electrons. The van der Waals surface area contributed by atoms with Crippen LogP contribution < -0.4 is 11.2 Å². The Bertz CT molecular complexity index is 462. The van der Waals surface area contributed by atoms with E-state index >= 15 is 0 Å². The average molecular weight is 179 g/mol. The summed E-state index contributed by atoms with van der Waals surface area (Å²) in [6.07, 6.45) is 1.27. The summed E-state index contributed by atoms with van der Waals surface area (Å²) >= 11 is 0. The van der Waals surface area contributed by atoms with Gasteiger partial charge in [-0.25, -0.2) is 4.79 Å². The van der Waals surface area contributed by atoms with Crippen molar-refractivity contribution in [2.24, 2.45) is 0 Å². The highest BCUT2D eigenvalue weighted by molar-refractivity contribution is 5.21. The van der Waals surface area contributed by atoms with Crippen molar-refractivity contribution in [1.29, 1.82) is 5.26 Å². The Kier molecular flexibility index (Phi) is 2.33. The van der Waals surface area contributed by atoms with E-state index in [0.717, 1.165) is 0 Å². The molecule has 1 heterocycles. The third kappa shape index (κ3) is 1.67. The summed E-state index contributed by atoms with van der Waals surface area (Å²) in [4.78, 5) is 24.2. The molecule has 0 saturated heterocycles. The maximum Gasteiger partial charge on any atom is 0.328 e. The van der Waals surface area contributed by atoms with Crippen molar-refractivity contribution in [3.63, 3.8) is 0 Å². The van der Waals surface area contributed by atoms with Crippen LogP contribution in [0.3, 0.4) is 0 Å². The van der Waals surface area contributed by atoms with Crippen molar-refractivity contribution in [3.05, 3.63) is 32.6 Å². The van der Waals surface area contributed by atoms with Crippen molar-refractivity contribution in [1.82, 2.24) is 9.55 Å². The first kappa shape index (κ1) is 9.26. The summed E-state index contributed by atoms with van der Waals surface area (Å²) < 4.78 is 1.31. The Balaban J connectivity index is 3.51. The number of hydrogen-bond acceptors (Lipinski definition) is 3. The van der Waals surface area contributed by atoms with Crippen molar-refractivity contribution >= 4 is 0 Å². The summed E-state index contributed by atoms with van der Waals surface area (Å²) in [5.74, 6) is 0. The number of hydrogen-bond donors (Lipinski definition) is 1. The Morgan fingerprint density at radius 1 is 1.54 bits per heavy atom. The van der Waals surface area contributed by atoms with Gasteiger partial charge in [0.05, 0.1) is 0 Å². The Labute approximate surface area is 74.3 Å². The highest BCUT2D eigenvalue weighted by Gasteiger charge is 2.05. The van der Waals surface area contributed by atoms with Gasteiger partial charge in [0.25, 0.3) is 5.56 Å². The van der Waals surface area contributed by atoms with Gasteiger partial charge >= 0.3 is 5.69 Å². The molecule has 0 unspecified atom stereocenters. The van der Waals surface area contributed by atoms with E-state index in [9.17, 15) is 9.59 Å². The van der Waals surface area contributed by atoms with Gasteiger partial charge in [0.15, 0.2) is 0 Å². The first-order chi connectivity index (χ1) is 6.06. The molecule has 0 bridgehead atoms. The van der Waals surface area contributed by atoms with Crippen LogP contribution >= 0.6 is 0 Å². The van der Waals surface area contributed by atoms with Crippen molar-refractivity contribution in [3.8, 4) is 6.07 Å². The van der Waals surface area contributed by atoms with Gasteiger partial charge in [-0.15, -0.1) is 0 Å². The zero-order valence-corrected chi connectivity index (χ0v) is 7.37. The minimum absolute atomic E-state index is 0.0479. The molecule has 0 amide bonds. The van der Waals surface area contributed by atoms with Crippen molar-refractivity contribution in [2.45, 2.75) is 19.9 Å². The van der Waals surface area contributed by atoms with E-state index in [2.05, 4.69) is 4.98 Å². The summed E-state index contributed by atoms with van der Waals surface area (Å²) in [7, 11) is 0. The monoisotopic (exact) mass is 179 g/mol. The zero-order chi connectivity index (χ0) is 10.0. The molecule has 1 aromatic heterocycles. The lowest BCUT2D eigenvalue weighted by molar-refractivity contribution is 0.560. The predicted octanol–water partition coefficient (Wildman–Crippen LogP) is -0.0108. The van der Waals surface area contributed by atoms with E-state index in [1.54, 1.807) is 19.9 Å². The number of nitriles is 1. The van der Waals surface area contributed by atoms with Gasteiger partial charge in [0.2, 0.25) is 0 Å². The van der Waals surface area contributed by atoms with Crippen LogP contribution in [0.15, 0.2) is 15.8 Å². The van der Waals surface area contributed by atoms with Gasteiger partial charge in [-0.1, -0.05) is 0 Å². The molecule has 0 aliphatic carbocycles. The first-order valence-corrected chi connectivity index (χ1v) is 3.82. The Morgan fingerprint density at radius 2 is 2.15 bits per heavy atom. The minimum atomic E-state index is -0.635. The standard InChI is InChI=1S/C8H9N3O2/c1-5(2)11-4-6(3-9)7(12)10-8(11)13/h4-5H,1-2H3,(H,10,12,13). The largest absolute Gasteiger partial charge is 0.328 e. The molecule has 0 saturated carbocycles. The van der Waals surface area contributed by atoms with Crippen molar-refractivity contribution < 1.29 is 0 Å². The molecule has 5 nitrogen and oxygen atoms in total.